The molecule has 0 saturated heterocycles. The van der Waals surface area contributed by atoms with E-state index in [1.165, 1.54) is 35.7 Å². The highest BCUT2D eigenvalue weighted by Gasteiger charge is 2.21. The van der Waals surface area contributed by atoms with Gasteiger partial charge in [0.05, 0.1) is 39.2 Å². The number of benzene rings is 1. The van der Waals surface area contributed by atoms with Crippen molar-refractivity contribution >= 4 is 34.2 Å². The van der Waals surface area contributed by atoms with E-state index in [4.69, 9.17) is 18.6 Å². The summed E-state index contributed by atoms with van der Waals surface area (Å²) in [5, 5.41) is 4.77. The molecule has 0 radical (unpaired) electrons. The number of furan rings is 1. The first-order chi connectivity index (χ1) is 18.3. The van der Waals surface area contributed by atoms with Crippen LogP contribution in [0.15, 0.2) is 46.4 Å². The van der Waals surface area contributed by atoms with E-state index >= 15 is 0 Å². The van der Waals surface area contributed by atoms with E-state index in [1.54, 1.807) is 37.6 Å². The van der Waals surface area contributed by atoms with Crippen molar-refractivity contribution in [1.82, 2.24) is 14.8 Å². The van der Waals surface area contributed by atoms with Crippen LogP contribution in [-0.4, -0.2) is 87.1 Å². The summed E-state index contributed by atoms with van der Waals surface area (Å²) >= 11 is 1.21. The van der Waals surface area contributed by atoms with Crippen LogP contribution in [0, 0.1) is 0 Å². The fourth-order valence-corrected chi connectivity index (χ4v) is 4.26. The minimum atomic E-state index is -0.416. The Morgan fingerprint density at radius 1 is 1.08 bits per heavy atom. The van der Waals surface area contributed by atoms with Crippen LogP contribution in [0.4, 0.5) is 5.13 Å². The maximum Gasteiger partial charge on any atom is 0.290 e. The Hall–Kier alpha value is -3.90. The Balaban J connectivity index is 1.50. The van der Waals surface area contributed by atoms with E-state index in [-0.39, 0.29) is 37.8 Å². The molecule has 1 aromatic carbocycles. The second-order valence-corrected chi connectivity index (χ2v) is 9.18. The molecule has 38 heavy (non-hydrogen) atoms. The van der Waals surface area contributed by atoms with Crippen LogP contribution in [0.2, 0.25) is 0 Å². The number of nitrogens with zero attached hydrogens (tertiary/aromatic N) is 3. The van der Waals surface area contributed by atoms with Gasteiger partial charge < -0.3 is 33.7 Å². The predicted octanol–water partition coefficient (Wildman–Crippen LogP) is 2.72. The molecule has 0 spiro atoms. The lowest BCUT2D eigenvalue weighted by Gasteiger charge is -2.20. The van der Waals surface area contributed by atoms with E-state index in [0.717, 1.165) is 5.56 Å². The van der Waals surface area contributed by atoms with Crippen LogP contribution in [0.1, 0.15) is 21.8 Å². The van der Waals surface area contributed by atoms with Gasteiger partial charge in [-0.05, 0) is 36.2 Å². The monoisotopic (exact) mass is 544 g/mol. The van der Waals surface area contributed by atoms with Gasteiger partial charge in [-0.2, -0.15) is 0 Å². The Bertz CT molecular complexity index is 1210. The molecule has 1 N–H and O–H groups in total. The summed E-state index contributed by atoms with van der Waals surface area (Å²) in [6.07, 6.45) is 2.15. The molecule has 2 heterocycles. The summed E-state index contributed by atoms with van der Waals surface area (Å²) in [5.74, 6) is 0.508. The van der Waals surface area contributed by atoms with Gasteiger partial charge in [0.1, 0.15) is 6.54 Å². The lowest BCUT2D eigenvalue weighted by molar-refractivity contribution is -0.129. The summed E-state index contributed by atoms with van der Waals surface area (Å²) in [7, 11) is 6.42. The number of hydrogen-bond acceptors (Lipinski definition) is 9. The van der Waals surface area contributed by atoms with Gasteiger partial charge in [0.25, 0.3) is 5.91 Å². The number of carbonyl (C=O) groups excluding carboxylic acids is 3. The van der Waals surface area contributed by atoms with Gasteiger partial charge in [0.2, 0.25) is 11.8 Å². The van der Waals surface area contributed by atoms with Crippen molar-refractivity contribution in [1.29, 1.82) is 0 Å². The number of likely N-dealkylation sites (N-methyl/N-ethyl adjacent to an activating group) is 1. The molecule has 0 unspecified atom stereocenters. The van der Waals surface area contributed by atoms with E-state index in [1.807, 2.05) is 18.2 Å². The second-order valence-electron chi connectivity index (χ2n) is 8.32. The molecule has 2 aromatic heterocycles. The molecule has 204 valence electrons. The Kier molecular flexibility index (Phi) is 10.7. The third-order valence-corrected chi connectivity index (χ3v) is 6.47. The minimum Gasteiger partial charge on any atom is -0.493 e. The van der Waals surface area contributed by atoms with E-state index < -0.39 is 11.8 Å². The lowest BCUT2D eigenvalue weighted by atomic mass is 10.1. The molecular formula is C26H32N4O7S. The number of aromatic nitrogens is 1. The maximum atomic E-state index is 12.7. The van der Waals surface area contributed by atoms with E-state index in [9.17, 15) is 14.4 Å². The molecule has 0 fully saturated rings. The second kappa shape index (κ2) is 14.1. The van der Waals surface area contributed by atoms with Crippen molar-refractivity contribution in [2.45, 2.75) is 12.8 Å². The topological polar surface area (TPSA) is 123 Å². The molecule has 0 aliphatic rings. The van der Waals surface area contributed by atoms with Crippen LogP contribution in [0.3, 0.4) is 0 Å². The number of methoxy groups -OCH3 is 3. The fourth-order valence-electron chi connectivity index (χ4n) is 3.54. The largest absolute Gasteiger partial charge is 0.493 e. The summed E-state index contributed by atoms with van der Waals surface area (Å²) in [4.78, 5) is 45.3. The lowest BCUT2D eigenvalue weighted by Crippen LogP contribution is -2.39. The van der Waals surface area contributed by atoms with Gasteiger partial charge in [-0.15, -0.1) is 11.3 Å². The summed E-state index contributed by atoms with van der Waals surface area (Å²) in [6.45, 7) is 0.804. The Morgan fingerprint density at radius 2 is 1.87 bits per heavy atom. The number of rotatable bonds is 14. The van der Waals surface area contributed by atoms with Crippen LogP contribution >= 0.6 is 11.3 Å². The Morgan fingerprint density at radius 3 is 2.55 bits per heavy atom. The number of ether oxygens (including phenoxy) is 3. The average Bonchev–Trinajstić information content (AvgIpc) is 3.61. The zero-order valence-corrected chi connectivity index (χ0v) is 22.7. The van der Waals surface area contributed by atoms with Gasteiger partial charge in [-0.25, -0.2) is 4.98 Å². The number of nitrogens with one attached hydrogen (secondary N) is 1. The zero-order valence-electron chi connectivity index (χ0n) is 21.9. The van der Waals surface area contributed by atoms with Crippen LogP contribution in [0.25, 0.3) is 0 Å². The highest BCUT2D eigenvalue weighted by Crippen LogP contribution is 2.27. The van der Waals surface area contributed by atoms with Crippen molar-refractivity contribution in [3.8, 4) is 11.5 Å². The normalized spacial score (nSPS) is 10.6. The molecular weight excluding hydrogens is 512 g/mol. The molecule has 0 aliphatic heterocycles. The molecule has 0 saturated carbocycles. The van der Waals surface area contributed by atoms with Gasteiger partial charge >= 0.3 is 0 Å². The highest BCUT2D eigenvalue weighted by atomic mass is 32.1. The SMILES string of the molecule is COCCN(CC(=O)Nc1nc(CC(=O)N(C)CCc2ccc(OC)c(OC)c2)cs1)C(=O)c1ccco1. The number of carbonyl (C=O) groups is 3. The predicted molar refractivity (Wildman–Crippen MR) is 142 cm³/mol. The van der Waals surface area contributed by atoms with E-state index in [2.05, 4.69) is 10.3 Å². The number of anilines is 1. The minimum absolute atomic E-state index is 0.0940. The Labute approximate surface area is 225 Å². The van der Waals surface area contributed by atoms with Crippen LogP contribution < -0.4 is 14.8 Å². The third-order valence-electron chi connectivity index (χ3n) is 5.66. The van der Waals surface area contributed by atoms with Gasteiger partial charge in [0.15, 0.2) is 22.4 Å². The zero-order chi connectivity index (χ0) is 27.5. The first-order valence-corrected chi connectivity index (χ1v) is 12.7. The summed E-state index contributed by atoms with van der Waals surface area (Å²) < 4.78 is 20.8. The molecule has 0 atom stereocenters. The van der Waals surface area contributed by atoms with Crippen molar-refractivity contribution in [2.24, 2.45) is 0 Å². The average molecular weight is 545 g/mol. The third kappa shape index (κ3) is 8.05. The molecule has 3 rings (SSSR count). The first-order valence-electron chi connectivity index (χ1n) is 11.9. The standard InChI is InChI=1S/C26H32N4O7S/c1-29(10-9-18-7-8-20(35-3)22(14-18)36-4)24(32)15-19-17-38-26(27-19)28-23(31)16-30(11-13-34-2)25(33)21-6-5-12-37-21/h5-8,12,14,17H,9-11,13,15-16H2,1-4H3,(H,27,28,31). The number of amides is 3. The van der Waals surface area contributed by atoms with Crippen molar-refractivity contribution in [3.05, 3.63) is 59.0 Å². The smallest absolute Gasteiger partial charge is 0.290 e. The van der Waals surface area contributed by atoms with Crippen molar-refractivity contribution in [2.75, 3.05) is 59.9 Å². The summed E-state index contributed by atoms with van der Waals surface area (Å²) in [6, 6.07) is 8.81. The van der Waals surface area contributed by atoms with Gasteiger partial charge in [0, 0.05) is 32.6 Å². The van der Waals surface area contributed by atoms with E-state index in [0.29, 0.717) is 35.3 Å². The number of thiazole rings is 1. The van der Waals surface area contributed by atoms with Crippen LogP contribution in [-0.2, 0) is 27.2 Å². The summed E-state index contributed by atoms with van der Waals surface area (Å²) in [5.41, 5.74) is 1.57. The quantitative estimate of drug-likeness (QED) is 0.329. The van der Waals surface area contributed by atoms with Gasteiger partial charge in [-0.3, -0.25) is 14.4 Å². The molecule has 0 bridgehead atoms. The molecule has 12 heteroatoms. The molecule has 11 nitrogen and oxygen atoms in total. The van der Waals surface area contributed by atoms with Gasteiger partial charge in [-0.1, -0.05) is 6.07 Å². The molecule has 3 amide bonds. The van der Waals surface area contributed by atoms with Crippen LogP contribution in [0.5, 0.6) is 11.5 Å². The fraction of sp³-hybridized carbons (Fsp3) is 0.385. The number of hydrogen-bond donors (Lipinski definition) is 1. The highest BCUT2D eigenvalue weighted by molar-refractivity contribution is 7.13. The molecule has 0 aliphatic carbocycles. The first kappa shape index (κ1) is 28.7. The maximum absolute atomic E-state index is 12.7. The molecule has 3 aromatic rings. The van der Waals surface area contributed by atoms with Crippen molar-refractivity contribution in [3.63, 3.8) is 0 Å². The van der Waals surface area contributed by atoms with Crippen molar-refractivity contribution < 1.29 is 33.0 Å².